The van der Waals surface area contributed by atoms with Crippen LogP contribution in [0.15, 0.2) is 35.2 Å². The van der Waals surface area contributed by atoms with E-state index >= 15 is 0 Å². The number of hydrogen-bond donors (Lipinski definition) is 2. The van der Waals surface area contributed by atoms with E-state index in [0.29, 0.717) is 17.9 Å². The highest BCUT2D eigenvalue weighted by Gasteiger charge is 2.18. The zero-order valence-corrected chi connectivity index (χ0v) is 12.7. The van der Waals surface area contributed by atoms with Crippen LogP contribution in [0.1, 0.15) is 32.3 Å². The molecule has 0 radical (unpaired) electrons. The zero-order chi connectivity index (χ0) is 17.1. The molecular formula is C14H14N6O4. The molecule has 0 spiro atoms. The van der Waals surface area contributed by atoms with Gasteiger partial charge in [-0.25, -0.2) is 4.79 Å². The van der Waals surface area contributed by atoms with Crippen molar-refractivity contribution in [3.63, 3.8) is 0 Å². The van der Waals surface area contributed by atoms with E-state index in [1.54, 1.807) is 23.1 Å². The highest BCUT2D eigenvalue weighted by atomic mass is 16.5. The first-order valence-electron chi connectivity index (χ1n) is 7.00. The Balaban J connectivity index is 1.63. The fourth-order valence-electron chi connectivity index (χ4n) is 2.20. The lowest BCUT2D eigenvalue weighted by molar-refractivity contribution is 0.0682. The molecule has 1 amide bonds. The summed E-state index contributed by atoms with van der Waals surface area (Å²) in [6.07, 6.45) is 4.80. The summed E-state index contributed by atoms with van der Waals surface area (Å²) in [5, 5.41) is 23.3. The first-order valence-corrected chi connectivity index (χ1v) is 7.00. The minimum atomic E-state index is -1.11. The van der Waals surface area contributed by atoms with Crippen LogP contribution < -0.4 is 5.32 Å². The van der Waals surface area contributed by atoms with Crippen LogP contribution in [0.3, 0.4) is 0 Å². The van der Waals surface area contributed by atoms with Crippen LogP contribution in [0.25, 0.3) is 0 Å². The lowest BCUT2D eigenvalue weighted by Gasteiger charge is -2.02. The third-order valence-electron chi connectivity index (χ3n) is 3.33. The summed E-state index contributed by atoms with van der Waals surface area (Å²) < 4.78 is 7.97. The molecule has 0 aromatic carbocycles. The van der Waals surface area contributed by atoms with Gasteiger partial charge < -0.3 is 14.9 Å². The van der Waals surface area contributed by atoms with Crippen molar-refractivity contribution in [3.8, 4) is 0 Å². The molecule has 0 saturated heterocycles. The zero-order valence-electron chi connectivity index (χ0n) is 12.7. The van der Waals surface area contributed by atoms with E-state index in [-0.39, 0.29) is 17.9 Å². The van der Waals surface area contributed by atoms with Crippen molar-refractivity contribution >= 4 is 11.9 Å². The number of carboxylic acid groups (broad SMARTS) is 1. The van der Waals surface area contributed by atoms with Gasteiger partial charge >= 0.3 is 5.97 Å². The van der Waals surface area contributed by atoms with E-state index in [1.807, 2.05) is 0 Å². The number of nitrogens with zero attached hydrogens (tertiary/aromatic N) is 5. The standard InChI is InChI=1S/C14H14N6O4/c1-19-12(14(22)23)9(7-17-19)6-15-13(21)11-5-10(24-18-11)8-20-4-2-3-16-20/h2-5,7H,6,8H2,1H3,(H,15,21)(H,22,23). The smallest absolute Gasteiger partial charge is 0.354 e. The molecule has 0 unspecified atom stereocenters. The van der Waals surface area contributed by atoms with Crippen LogP contribution in [-0.2, 0) is 20.1 Å². The summed E-state index contributed by atoms with van der Waals surface area (Å²) in [6, 6.07) is 3.29. The Kier molecular flexibility index (Phi) is 4.10. The quantitative estimate of drug-likeness (QED) is 0.664. The van der Waals surface area contributed by atoms with Gasteiger partial charge in [0.15, 0.2) is 17.1 Å². The van der Waals surface area contributed by atoms with Crippen LogP contribution in [0.5, 0.6) is 0 Å². The SMILES string of the molecule is Cn1ncc(CNC(=O)c2cc(Cn3cccn3)on2)c1C(=O)O. The van der Waals surface area contributed by atoms with Gasteiger partial charge in [0.1, 0.15) is 6.54 Å². The van der Waals surface area contributed by atoms with Gasteiger partial charge in [-0.05, 0) is 6.07 Å². The molecule has 10 nitrogen and oxygen atoms in total. The number of carbonyl (C=O) groups excluding carboxylic acids is 1. The van der Waals surface area contributed by atoms with Gasteiger partial charge in [0.25, 0.3) is 5.91 Å². The second kappa shape index (κ2) is 6.36. The maximum Gasteiger partial charge on any atom is 0.354 e. The van der Waals surface area contributed by atoms with E-state index in [0.717, 1.165) is 0 Å². The summed E-state index contributed by atoms with van der Waals surface area (Å²) >= 11 is 0. The molecule has 3 aromatic rings. The van der Waals surface area contributed by atoms with Crippen LogP contribution in [0.2, 0.25) is 0 Å². The third kappa shape index (κ3) is 3.16. The third-order valence-corrected chi connectivity index (χ3v) is 3.33. The molecule has 3 heterocycles. The van der Waals surface area contributed by atoms with E-state index in [2.05, 4.69) is 20.7 Å². The molecule has 124 valence electrons. The highest BCUT2D eigenvalue weighted by Crippen LogP contribution is 2.09. The number of aromatic carboxylic acids is 1. The Hall–Kier alpha value is -3.43. The molecular weight excluding hydrogens is 316 g/mol. The molecule has 24 heavy (non-hydrogen) atoms. The molecule has 0 aliphatic heterocycles. The lowest BCUT2D eigenvalue weighted by atomic mass is 10.2. The largest absolute Gasteiger partial charge is 0.477 e. The van der Waals surface area contributed by atoms with Crippen molar-refractivity contribution < 1.29 is 19.2 Å². The molecule has 0 bridgehead atoms. The summed E-state index contributed by atoms with van der Waals surface area (Å²) in [7, 11) is 1.52. The minimum Gasteiger partial charge on any atom is -0.477 e. The second-order valence-electron chi connectivity index (χ2n) is 5.01. The lowest BCUT2D eigenvalue weighted by Crippen LogP contribution is -2.24. The highest BCUT2D eigenvalue weighted by molar-refractivity contribution is 5.92. The second-order valence-corrected chi connectivity index (χ2v) is 5.01. The van der Waals surface area contributed by atoms with Crippen molar-refractivity contribution in [2.45, 2.75) is 13.1 Å². The monoisotopic (exact) mass is 330 g/mol. The maximum atomic E-state index is 12.1. The van der Waals surface area contributed by atoms with Crippen molar-refractivity contribution in [1.29, 1.82) is 0 Å². The van der Waals surface area contributed by atoms with E-state index in [9.17, 15) is 9.59 Å². The summed E-state index contributed by atoms with van der Waals surface area (Å²) in [5.41, 5.74) is 0.534. The molecule has 0 aliphatic carbocycles. The van der Waals surface area contributed by atoms with Gasteiger partial charge in [0, 0.05) is 37.6 Å². The molecule has 0 saturated carbocycles. The average Bonchev–Trinajstić information content (AvgIpc) is 3.26. The van der Waals surface area contributed by atoms with Crippen molar-refractivity contribution in [2.24, 2.45) is 7.05 Å². The van der Waals surface area contributed by atoms with Crippen molar-refractivity contribution in [1.82, 2.24) is 30.0 Å². The van der Waals surface area contributed by atoms with E-state index in [4.69, 9.17) is 9.63 Å². The van der Waals surface area contributed by atoms with Gasteiger partial charge in [-0.15, -0.1) is 0 Å². The molecule has 3 aromatic heterocycles. The number of carboxylic acids is 1. The minimum absolute atomic E-state index is 0.0230. The van der Waals surface area contributed by atoms with Crippen LogP contribution in [0.4, 0.5) is 0 Å². The van der Waals surface area contributed by atoms with Gasteiger partial charge in [-0.2, -0.15) is 10.2 Å². The fraction of sp³-hybridized carbons (Fsp3) is 0.214. The molecule has 0 aliphatic rings. The summed E-state index contributed by atoms with van der Waals surface area (Å²) in [6.45, 7) is 0.384. The van der Waals surface area contributed by atoms with Gasteiger partial charge in [0.2, 0.25) is 0 Å². The Labute approximate surface area is 135 Å². The number of carbonyl (C=O) groups is 2. The normalized spacial score (nSPS) is 10.7. The molecule has 2 N–H and O–H groups in total. The van der Waals surface area contributed by atoms with Crippen LogP contribution in [0, 0.1) is 0 Å². The van der Waals surface area contributed by atoms with E-state index < -0.39 is 11.9 Å². The molecule has 3 rings (SSSR count). The topological polar surface area (TPSA) is 128 Å². The number of amides is 1. The predicted octanol–water partition coefficient (Wildman–Crippen LogP) is 0.281. The Bertz CT molecular complexity index is 864. The number of nitrogens with one attached hydrogen (secondary N) is 1. The number of rotatable bonds is 6. The molecule has 10 heteroatoms. The van der Waals surface area contributed by atoms with Gasteiger partial charge in [-0.3, -0.25) is 14.2 Å². The first kappa shape index (κ1) is 15.5. The average molecular weight is 330 g/mol. The first-order chi connectivity index (χ1) is 11.5. The van der Waals surface area contributed by atoms with E-state index in [1.165, 1.54) is 24.0 Å². The summed E-state index contributed by atoms with van der Waals surface area (Å²) in [5.74, 6) is -1.09. The van der Waals surface area contributed by atoms with Gasteiger partial charge in [-0.1, -0.05) is 5.16 Å². The predicted molar refractivity (Wildman–Crippen MR) is 79.2 cm³/mol. The van der Waals surface area contributed by atoms with Crippen molar-refractivity contribution in [3.05, 3.63) is 53.4 Å². The van der Waals surface area contributed by atoms with Crippen LogP contribution >= 0.6 is 0 Å². The maximum absolute atomic E-state index is 12.1. The number of hydrogen-bond acceptors (Lipinski definition) is 6. The fourth-order valence-corrected chi connectivity index (χ4v) is 2.20. The number of aryl methyl sites for hydroxylation is 1. The Morgan fingerprint density at radius 3 is 2.92 bits per heavy atom. The Morgan fingerprint density at radius 1 is 1.38 bits per heavy atom. The van der Waals surface area contributed by atoms with Crippen LogP contribution in [-0.4, -0.2) is 41.7 Å². The molecule has 0 atom stereocenters. The molecule has 0 fully saturated rings. The summed E-state index contributed by atoms with van der Waals surface area (Å²) in [4.78, 5) is 23.3. The van der Waals surface area contributed by atoms with Crippen molar-refractivity contribution in [2.75, 3.05) is 0 Å². The Morgan fingerprint density at radius 2 is 2.21 bits per heavy atom. The van der Waals surface area contributed by atoms with Gasteiger partial charge in [0.05, 0.1) is 6.20 Å². The number of aromatic nitrogens is 5.